The lowest BCUT2D eigenvalue weighted by Crippen LogP contribution is -2.48. The molecule has 1 atom stereocenters. The smallest absolute Gasteiger partial charge is 0.303 e. The number of carbonyl (C=O) groups is 2. The minimum Gasteiger partial charge on any atom is -0.481 e. The van der Waals surface area contributed by atoms with E-state index in [2.05, 4.69) is 12.2 Å². The van der Waals surface area contributed by atoms with Crippen molar-refractivity contribution >= 4 is 11.9 Å². The highest BCUT2D eigenvalue weighted by molar-refractivity contribution is 5.66. The highest BCUT2D eigenvalue weighted by atomic mass is 16.4. The quantitative estimate of drug-likeness (QED) is 0.0442. The van der Waals surface area contributed by atoms with Crippen LogP contribution in [0.1, 0.15) is 155 Å². The van der Waals surface area contributed by atoms with E-state index in [4.69, 9.17) is 10.2 Å². The fourth-order valence-corrected chi connectivity index (χ4v) is 5.65. The third-order valence-corrected chi connectivity index (χ3v) is 8.78. The predicted octanol–water partition coefficient (Wildman–Crippen LogP) is 7.65. The van der Waals surface area contributed by atoms with Gasteiger partial charge in [-0.15, -0.1) is 0 Å². The zero-order chi connectivity index (χ0) is 30.0. The number of hydrogen-bond acceptors (Lipinski definition) is 5. The average molecular weight is 571 g/mol. The number of aliphatic hydroxyl groups is 3. The first kappa shape index (κ1) is 38.6. The van der Waals surface area contributed by atoms with Crippen LogP contribution in [0.5, 0.6) is 0 Å². The first-order valence-corrected chi connectivity index (χ1v) is 16.2. The summed E-state index contributed by atoms with van der Waals surface area (Å²) in [7, 11) is 0. The lowest BCUT2D eigenvalue weighted by molar-refractivity contribution is -0.138. The van der Waals surface area contributed by atoms with Crippen LogP contribution in [0.4, 0.5) is 0 Å². The van der Waals surface area contributed by atoms with Gasteiger partial charge in [0.1, 0.15) is 0 Å². The van der Waals surface area contributed by atoms with Crippen LogP contribution in [0, 0.1) is 10.8 Å². The largest absolute Gasteiger partial charge is 0.481 e. The maximum atomic E-state index is 10.6. The summed E-state index contributed by atoms with van der Waals surface area (Å²) in [5.41, 5.74) is -1.20. The number of aliphatic carboxylic acids is 2. The fourth-order valence-electron chi connectivity index (χ4n) is 5.65. The summed E-state index contributed by atoms with van der Waals surface area (Å²) in [6, 6.07) is 0. The number of unbranched alkanes of at least 4 members (excludes halogenated alkanes) is 16. The molecular formula is C33H62O7. The molecule has 0 aliphatic carbocycles. The second-order valence-electron chi connectivity index (χ2n) is 12.2. The van der Waals surface area contributed by atoms with Gasteiger partial charge in [0.2, 0.25) is 0 Å². The van der Waals surface area contributed by atoms with Crippen LogP contribution in [-0.4, -0.2) is 57.3 Å². The molecule has 0 aliphatic rings. The molecule has 0 fully saturated rings. The Morgan fingerprint density at radius 1 is 0.500 bits per heavy atom. The van der Waals surface area contributed by atoms with Crippen molar-refractivity contribution in [3.8, 4) is 0 Å². The van der Waals surface area contributed by atoms with E-state index < -0.39 is 22.8 Å². The Balaban J connectivity index is 4.11. The minimum absolute atomic E-state index is 0.0275. The van der Waals surface area contributed by atoms with Crippen molar-refractivity contribution in [3.63, 3.8) is 0 Å². The highest BCUT2D eigenvalue weighted by Gasteiger charge is 2.46. The summed E-state index contributed by atoms with van der Waals surface area (Å²) < 4.78 is 0. The van der Waals surface area contributed by atoms with Gasteiger partial charge in [0.15, 0.2) is 0 Å². The van der Waals surface area contributed by atoms with E-state index in [-0.39, 0.29) is 32.7 Å². The molecule has 0 rings (SSSR count). The van der Waals surface area contributed by atoms with Gasteiger partial charge in [-0.2, -0.15) is 0 Å². The Hall–Kier alpha value is -1.44. The highest BCUT2D eigenvalue weighted by Crippen LogP contribution is 2.47. The van der Waals surface area contributed by atoms with Crippen LogP contribution in [0.3, 0.4) is 0 Å². The Bertz CT molecular complexity index is 645. The van der Waals surface area contributed by atoms with Crippen molar-refractivity contribution in [2.45, 2.75) is 155 Å². The number of aliphatic hydroxyl groups excluding tert-OH is 3. The van der Waals surface area contributed by atoms with Gasteiger partial charge in [-0.3, -0.25) is 9.59 Å². The van der Waals surface area contributed by atoms with Gasteiger partial charge in [0.25, 0.3) is 0 Å². The van der Waals surface area contributed by atoms with Gasteiger partial charge in [-0.25, -0.2) is 0 Å². The summed E-state index contributed by atoms with van der Waals surface area (Å²) in [6.07, 6.45) is 26.7. The normalized spacial score (nSPS) is 13.6. The van der Waals surface area contributed by atoms with E-state index >= 15 is 0 Å². The maximum absolute atomic E-state index is 10.6. The van der Waals surface area contributed by atoms with Crippen molar-refractivity contribution in [2.24, 2.45) is 10.8 Å². The van der Waals surface area contributed by atoms with Gasteiger partial charge in [-0.05, 0) is 51.4 Å². The van der Waals surface area contributed by atoms with E-state index in [0.29, 0.717) is 0 Å². The zero-order valence-electron chi connectivity index (χ0n) is 25.6. The van der Waals surface area contributed by atoms with E-state index in [1.807, 2.05) is 6.92 Å². The van der Waals surface area contributed by atoms with Crippen LogP contribution in [0.15, 0.2) is 12.2 Å². The predicted molar refractivity (Wildman–Crippen MR) is 162 cm³/mol. The number of hydrogen-bond donors (Lipinski definition) is 5. The SMILES string of the molecule is CC(CO)(CO)C(CO)(CCCCCCCC/C=C\CCCCCCCC(=O)O)CCCCCCCCC(=O)O. The van der Waals surface area contributed by atoms with Crippen molar-refractivity contribution < 1.29 is 35.1 Å². The summed E-state index contributed by atoms with van der Waals surface area (Å²) in [5.74, 6) is -1.43. The van der Waals surface area contributed by atoms with E-state index in [9.17, 15) is 24.9 Å². The molecule has 0 saturated carbocycles. The standard InChI is InChI=1S/C33H62O7/c1-32(27-34,28-35)33(29-36,26-22-18-14-12-16-20-24-31(39)40)25-21-17-13-10-8-6-4-2-3-5-7-9-11-15-19-23-30(37)38/h2-3,34-36H,4-29H2,1H3,(H,37,38)(H,39,40)/b3-2-. The Morgan fingerprint density at radius 2 is 0.825 bits per heavy atom. The first-order valence-electron chi connectivity index (χ1n) is 16.2. The van der Waals surface area contributed by atoms with E-state index in [1.165, 1.54) is 38.5 Å². The maximum Gasteiger partial charge on any atom is 0.303 e. The van der Waals surface area contributed by atoms with Gasteiger partial charge < -0.3 is 25.5 Å². The van der Waals surface area contributed by atoms with E-state index in [0.717, 1.165) is 96.3 Å². The van der Waals surface area contributed by atoms with Crippen molar-refractivity contribution in [2.75, 3.05) is 19.8 Å². The Kier molecular flexibility index (Phi) is 24.4. The number of allylic oxidation sites excluding steroid dienone is 2. The molecular weight excluding hydrogens is 508 g/mol. The van der Waals surface area contributed by atoms with E-state index in [1.54, 1.807) is 0 Å². The fraction of sp³-hybridized carbons (Fsp3) is 0.879. The summed E-state index contributed by atoms with van der Waals surface area (Å²) in [4.78, 5) is 21.1. The topological polar surface area (TPSA) is 135 Å². The van der Waals surface area contributed by atoms with Crippen LogP contribution >= 0.6 is 0 Å². The third kappa shape index (κ3) is 18.8. The Morgan fingerprint density at radius 3 is 1.15 bits per heavy atom. The molecule has 40 heavy (non-hydrogen) atoms. The van der Waals surface area contributed by atoms with Gasteiger partial charge in [0, 0.05) is 30.3 Å². The second-order valence-corrected chi connectivity index (χ2v) is 12.2. The van der Waals surface area contributed by atoms with Crippen molar-refractivity contribution in [3.05, 3.63) is 12.2 Å². The molecule has 7 nitrogen and oxygen atoms in total. The molecule has 236 valence electrons. The number of carboxylic acid groups (broad SMARTS) is 2. The molecule has 0 amide bonds. The van der Waals surface area contributed by atoms with Crippen LogP contribution in [-0.2, 0) is 9.59 Å². The third-order valence-electron chi connectivity index (χ3n) is 8.78. The second kappa shape index (κ2) is 25.3. The summed E-state index contributed by atoms with van der Waals surface area (Å²) in [6.45, 7) is 1.59. The van der Waals surface area contributed by atoms with Gasteiger partial charge >= 0.3 is 11.9 Å². The van der Waals surface area contributed by atoms with Crippen molar-refractivity contribution in [1.29, 1.82) is 0 Å². The molecule has 0 aromatic rings. The Labute approximate surface area is 244 Å². The van der Waals surface area contributed by atoms with Crippen molar-refractivity contribution in [1.82, 2.24) is 0 Å². The molecule has 0 saturated heterocycles. The van der Waals surface area contributed by atoms with Gasteiger partial charge in [-0.1, -0.05) is 103 Å². The first-order chi connectivity index (χ1) is 19.3. The number of carboxylic acids is 2. The molecule has 0 heterocycles. The average Bonchev–Trinajstić information content (AvgIpc) is 2.94. The minimum atomic E-state index is -0.737. The lowest BCUT2D eigenvalue weighted by atomic mass is 9.60. The molecule has 0 spiro atoms. The summed E-state index contributed by atoms with van der Waals surface area (Å²) in [5, 5.41) is 48.0. The van der Waals surface area contributed by atoms with Crippen LogP contribution < -0.4 is 0 Å². The lowest BCUT2D eigenvalue weighted by Gasteiger charge is -2.46. The molecule has 0 aromatic carbocycles. The number of rotatable bonds is 30. The van der Waals surface area contributed by atoms with Gasteiger partial charge in [0.05, 0.1) is 13.2 Å². The molecule has 5 N–H and O–H groups in total. The molecule has 0 aliphatic heterocycles. The molecule has 0 bridgehead atoms. The monoisotopic (exact) mass is 570 g/mol. The molecule has 0 aromatic heterocycles. The molecule has 7 heteroatoms. The molecule has 1 unspecified atom stereocenters. The molecule has 0 radical (unpaired) electrons. The van der Waals surface area contributed by atoms with Crippen LogP contribution in [0.25, 0.3) is 0 Å². The van der Waals surface area contributed by atoms with Crippen LogP contribution in [0.2, 0.25) is 0 Å². The summed E-state index contributed by atoms with van der Waals surface area (Å²) >= 11 is 0. The zero-order valence-corrected chi connectivity index (χ0v) is 25.6.